The van der Waals surface area contributed by atoms with E-state index in [0.29, 0.717) is 23.5 Å². The van der Waals surface area contributed by atoms with Crippen LogP contribution in [-0.2, 0) is 6.54 Å². The van der Waals surface area contributed by atoms with Crippen LogP contribution in [0.5, 0.6) is 0 Å². The fraction of sp³-hybridized carbons (Fsp3) is 0.278. The second-order valence-electron chi connectivity index (χ2n) is 5.53. The average Bonchev–Trinajstić information content (AvgIpc) is 3.25. The highest BCUT2D eigenvalue weighted by Gasteiger charge is 2.18. The predicted molar refractivity (Wildman–Crippen MR) is 108 cm³/mol. The molecule has 0 N–H and O–H groups in total. The van der Waals surface area contributed by atoms with Gasteiger partial charge in [-0.15, -0.1) is 29.3 Å². The lowest BCUT2D eigenvalue weighted by Crippen LogP contribution is -2.23. The van der Waals surface area contributed by atoms with E-state index < -0.39 is 0 Å². The summed E-state index contributed by atoms with van der Waals surface area (Å²) in [4.78, 5) is 19.7. The zero-order valence-electron chi connectivity index (χ0n) is 13.8. The normalized spacial score (nSPS) is 12.2. The van der Waals surface area contributed by atoms with Gasteiger partial charge >= 0.3 is 0 Å². The van der Waals surface area contributed by atoms with Crippen molar-refractivity contribution < 1.29 is 0 Å². The first-order valence-electron chi connectivity index (χ1n) is 7.86. The standard InChI is InChI=1S/C18H17N3OS3/c1-3-9-21-17(22)15-13(14-7-5-10-23-14)11-24-16(15)20-18(21)25-12(2)6-4-8-19/h3,5,7,10-12H,1,4,6,9H2,2H3. The van der Waals surface area contributed by atoms with Crippen LogP contribution < -0.4 is 5.56 Å². The Hall–Kier alpha value is -1.88. The number of rotatable bonds is 7. The lowest BCUT2D eigenvalue weighted by molar-refractivity contribution is 0.669. The molecule has 1 atom stereocenters. The van der Waals surface area contributed by atoms with Crippen molar-refractivity contribution in [1.82, 2.24) is 9.55 Å². The number of fused-ring (bicyclic) bond motifs is 1. The van der Waals surface area contributed by atoms with Crippen LogP contribution in [-0.4, -0.2) is 14.8 Å². The van der Waals surface area contributed by atoms with E-state index in [0.717, 1.165) is 21.7 Å². The smallest absolute Gasteiger partial charge is 0.263 e. The van der Waals surface area contributed by atoms with Crippen molar-refractivity contribution in [1.29, 1.82) is 5.26 Å². The number of aromatic nitrogens is 2. The Bertz CT molecular complexity index is 980. The highest BCUT2D eigenvalue weighted by Crippen LogP contribution is 2.35. The summed E-state index contributed by atoms with van der Waals surface area (Å²) in [5, 5.41) is 14.4. The Morgan fingerprint density at radius 3 is 3.04 bits per heavy atom. The van der Waals surface area contributed by atoms with E-state index >= 15 is 0 Å². The fourth-order valence-electron chi connectivity index (χ4n) is 2.51. The zero-order chi connectivity index (χ0) is 17.8. The molecule has 1 unspecified atom stereocenters. The van der Waals surface area contributed by atoms with Crippen LogP contribution in [0.2, 0.25) is 0 Å². The van der Waals surface area contributed by atoms with Gasteiger partial charge in [0.25, 0.3) is 5.56 Å². The molecule has 128 valence electrons. The van der Waals surface area contributed by atoms with E-state index in [1.165, 1.54) is 11.3 Å². The van der Waals surface area contributed by atoms with Gasteiger partial charge < -0.3 is 0 Å². The molecule has 7 heteroatoms. The summed E-state index contributed by atoms with van der Waals surface area (Å²) in [6.07, 6.45) is 2.99. The molecule has 0 aliphatic carbocycles. The molecule has 0 aliphatic rings. The van der Waals surface area contributed by atoms with Crippen LogP contribution in [0.15, 0.2) is 45.5 Å². The second kappa shape index (κ2) is 8.00. The van der Waals surface area contributed by atoms with Crippen LogP contribution in [0.1, 0.15) is 19.8 Å². The largest absolute Gasteiger partial charge is 0.283 e. The van der Waals surface area contributed by atoms with Gasteiger partial charge in [0.2, 0.25) is 0 Å². The molecule has 3 aromatic rings. The Kier molecular flexibility index (Phi) is 5.74. The van der Waals surface area contributed by atoms with E-state index in [-0.39, 0.29) is 10.8 Å². The van der Waals surface area contributed by atoms with E-state index in [1.807, 2.05) is 22.9 Å². The summed E-state index contributed by atoms with van der Waals surface area (Å²) in [6, 6.07) is 6.18. The van der Waals surface area contributed by atoms with Crippen LogP contribution >= 0.6 is 34.4 Å². The molecule has 3 heterocycles. The highest BCUT2D eigenvalue weighted by molar-refractivity contribution is 7.99. The van der Waals surface area contributed by atoms with Crippen LogP contribution in [0, 0.1) is 11.3 Å². The fourth-order valence-corrected chi connectivity index (χ4v) is 5.34. The van der Waals surface area contributed by atoms with Gasteiger partial charge in [0, 0.05) is 34.0 Å². The monoisotopic (exact) mass is 387 g/mol. The predicted octanol–water partition coefficient (Wildman–Crippen LogP) is 5.16. The van der Waals surface area contributed by atoms with Crippen molar-refractivity contribution in [2.45, 2.75) is 36.7 Å². The van der Waals surface area contributed by atoms with Crippen molar-refractivity contribution in [2.24, 2.45) is 0 Å². The van der Waals surface area contributed by atoms with Gasteiger partial charge in [-0.25, -0.2) is 4.98 Å². The summed E-state index contributed by atoms with van der Waals surface area (Å²) in [6.45, 7) is 6.25. The maximum absolute atomic E-state index is 13.1. The Morgan fingerprint density at radius 2 is 2.36 bits per heavy atom. The molecule has 4 nitrogen and oxygen atoms in total. The third-order valence-electron chi connectivity index (χ3n) is 3.73. The van der Waals surface area contributed by atoms with Crippen LogP contribution in [0.3, 0.4) is 0 Å². The minimum Gasteiger partial charge on any atom is -0.283 e. The summed E-state index contributed by atoms with van der Waals surface area (Å²) in [7, 11) is 0. The number of thioether (sulfide) groups is 1. The maximum atomic E-state index is 13.1. The molecule has 3 aromatic heterocycles. The number of hydrogen-bond donors (Lipinski definition) is 0. The molecule has 0 saturated heterocycles. The molecule has 25 heavy (non-hydrogen) atoms. The number of allylic oxidation sites excluding steroid dienone is 1. The molecule has 0 amide bonds. The number of hydrogen-bond acceptors (Lipinski definition) is 6. The summed E-state index contributed by atoms with van der Waals surface area (Å²) < 4.78 is 1.69. The summed E-state index contributed by atoms with van der Waals surface area (Å²) in [5.41, 5.74) is 0.934. The molecule has 0 aromatic carbocycles. The van der Waals surface area contributed by atoms with Crippen LogP contribution in [0.4, 0.5) is 0 Å². The van der Waals surface area contributed by atoms with Crippen molar-refractivity contribution in [3.05, 3.63) is 45.9 Å². The van der Waals surface area contributed by atoms with E-state index in [9.17, 15) is 4.79 Å². The molecule has 3 rings (SSSR count). The third-order valence-corrected chi connectivity index (χ3v) is 6.66. The summed E-state index contributed by atoms with van der Waals surface area (Å²) in [5.74, 6) is 0. The quantitative estimate of drug-likeness (QED) is 0.319. The van der Waals surface area contributed by atoms with Crippen molar-refractivity contribution in [3.63, 3.8) is 0 Å². The van der Waals surface area contributed by atoms with Crippen LogP contribution in [0.25, 0.3) is 20.7 Å². The topological polar surface area (TPSA) is 58.7 Å². The van der Waals surface area contributed by atoms with Gasteiger partial charge in [-0.1, -0.05) is 30.8 Å². The first-order valence-corrected chi connectivity index (χ1v) is 10.5. The van der Waals surface area contributed by atoms with E-state index in [2.05, 4.69) is 19.6 Å². The Labute approximate surface area is 158 Å². The highest BCUT2D eigenvalue weighted by atomic mass is 32.2. The maximum Gasteiger partial charge on any atom is 0.263 e. The van der Waals surface area contributed by atoms with Gasteiger partial charge in [0.1, 0.15) is 4.83 Å². The SMILES string of the molecule is C=CCn1c(SC(C)CCC#N)nc2scc(-c3cccs3)c2c1=O. The third kappa shape index (κ3) is 3.71. The van der Waals surface area contributed by atoms with Gasteiger partial charge in [0.05, 0.1) is 11.5 Å². The molecule has 0 fully saturated rings. The first-order chi connectivity index (χ1) is 12.2. The minimum atomic E-state index is -0.0236. The lowest BCUT2D eigenvalue weighted by atomic mass is 10.2. The Morgan fingerprint density at radius 1 is 1.52 bits per heavy atom. The molecule has 0 radical (unpaired) electrons. The van der Waals surface area contributed by atoms with Crippen molar-refractivity contribution in [3.8, 4) is 16.5 Å². The number of nitrogens with zero attached hydrogens (tertiary/aromatic N) is 3. The van der Waals surface area contributed by atoms with E-state index in [4.69, 9.17) is 10.2 Å². The number of thiophene rings is 2. The van der Waals surface area contributed by atoms with Gasteiger partial charge in [-0.05, 0) is 17.9 Å². The average molecular weight is 388 g/mol. The minimum absolute atomic E-state index is 0.0236. The van der Waals surface area contributed by atoms with Crippen molar-refractivity contribution in [2.75, 3.05) is 0 Å². The first kappa shape index (κ1) is 17.9. The molecule has 0 bridgehead atoms. The molecule has 0 spiro atoms. The van der Waals surface area contributed by atoms with Crippen molar-refractivity contribution >= 4 is 44.7 Å². The molecule has 0 saturated carbocycles. The van der Waals surface area contributed by atoms with Gasteiger partial charge in [-0.2, -0.15) is 5.26 Å². The van der Waals surface area contributed by atoms with E-state index in [1.54, 1.807) is 33.7 Å². The Balaban J connectivity index is 2.10. The van der Waals surface area contributed by atoms with Gasteiger partial charge in [0.15, 0.2) is 5.16 Å². The summed E-state index contributed by atoms with van der Waals surface area (Å²) >= 11 is 4.67. The second-order valence-corrected chi connectivity index (χ2v) is 8.74. The molecular weight excluding hydrogens is 370 g/mol. The molecule has 0 aliphatic heterocycles. The molecular formula is C18H17N3OS3. The number of nitriles is 1. The lowest BCUT2D eigenvalue weighted by Gasteiger charge is -2.14. The zero-order valence-corrected chi connectivity index (χ0v) is 16.2. The van der Waals surface area contributed by atoms with Gasteiger partial charge in [-0.3, -0.25) is 9.36 Å².